The van der Waals surface area contributed by atoms with E-state index in [1.807, 2.05) is 0 Å². The summed E-state index contributed by atoms with van der Waals surface area (Å²) in [5.74, 6) is -0.516. The molecule has 1 unspecified atom stereocenters. The topological polar surface area (TPSA) is 109 Å². The van der Waals surface area contributed by atoms with Crippen molar-refractivity contribution >= 4 is 17.6 Å². The van der Waals surface area contributed by atoms with Gasteiger partial charge in [-0.3, -0.25) is 14.9 Å². The number of anilines is 1. The zero-order valence-corrected chi connectivity index (χ0v) is 9.52. The third-order valence-corrected chi connectivity index (χ3v) is 2.88. The molecule has 1 N–H and O–H groups in total. The lowest BCUT2D eigenvalue weighted by Gasteiger charge is -2.22. The van der Waals surface area contributed by atoms with Crippen LogP contribution in [0.2, 0.25) is 0 Å². The summed E-state index contributed by atoms with van der Waals surface area (Å²) in [6, 6.07) is -0.135. The van der Waals surface area contributed by atoms with Gasteiger partial charge in [0.25, 0.3) is 0 Å². The molecule has 1 aromatic rings. The highest BCUT2D eigenvalue weighted by atomic mass is 16.6. The van der Waals surface area contributed by atoms with Crippen LogP contribution < -0.4 is 4.90 Å². The fourth-order valence-corrected chi connectivity index (χ4v) is 2.07. The molecule has 0 aliphatic carbocycles. The van der Waals surface area contributed by atoms with Crippen molar-refractivity contribution in [1.82, 2.24) is 9.97 Å². The molecule has 1 aliphatic heterocycles. The largest absolute Gasteiger partial charge is 0.481 e. The van der Waals surface area contributed by atoms with Crippen molar-refractivity contribution in [2.45, 2.75) is 25.3 Å². The summed E-state index contributed by atoms with van der Waals surface area (Å²) >= 11 is 0. The van der Waals surface area contributed by atoms with Crippen LogP contribution in [0.4, 0.5) is 11.6 Å². The second-order valence-electron chi connectivity index (χ2n) is 4.09. The highest BCUT2D eigenvalue weighted by Crippen LogP contribution is 2.24. The zero-order valence-electron chi connectivity index (χ0n) is 9.52. The Morgan fingerprint density at radius 2 is 2.22 bits per heavy atom. The molecule has 2 rings (SSSR count). The molecule has 0 spiro atoms. The Morgan fingerprint density at radius 3 is 2.78 bits per heavy atom. The van der Waals surface area contributed by atoms with Gasteiger partial charge in [0.2, 0.25) is 5.95 Å². The third-order valence-electron chi connectivity index (χ3n) is 2.88. The predicted molar refractivity (Wildman–Crippen MR) is 61.3 cm³/mol. The van der Waals surface area contributed by atoms with E-state index in [0.717, 1.165) is 25.2 Å². The van der Waals surface area contributed by atoms with Crippen LogP contribution in [-0.4, -0.2) is 38.6 Å². The van der Waals surface area contributed by atoms with E-state index >= 15 is 0 Å². The van der Waals surface area contributed by atoms with Crippen LogP contribution in [0, 0.1) is 10.1 Å². The number of aliphatic carboxylic acids is 1. The molecule has 0 aromatic carbocycles. The molecule has 2 heterocycles. The van der Waals surface area contributed by atoms with E-state index in [1.54, 1.807) is 4.90 Å². The van der Waals surface area contributed by atoms with Crippen LogP contribution in [0.1, 0.15) is 19.3 Å². The molecule has 18 heavy (non-hydrogen) atoms. The molecule has 1 aliphatic rings. The molecule has 0 saturated carbocycles. The van der Waals surface area contributed by atoms with Gasteiger partial charge in [-0.05, 0) is 12.8 Å². The van der Waals surface area contributed by atoms with Gasteiger partial charge in [0.05, 0.1) is 11.3 Å². The average molecular weight is 252 g/mol. The molecule has 0 radical (unpaired) electrons. The van der Waals surface area contributed by atoms with E-state index in [9.17, 15) is 14.9 Å². The summed E-state index contributed by atoms with van der Waals surface area (Å²) in [6.45, 7) is 0.676. The first-order chi connectivity index (χ1) is 8.58. The first-order valence-corrected chi connectivity index (χ1v) is 5.53. The van der Waals surface area contributed by atoms with Crippen LogP contribution >= 0.6 is 0 Å². The molecular weight excluding hydrogens is 240 g/mol. The minimum Gasteiger partial charge on any atom is -0.481 e. The van der Waals surface area contributed by atoms with Crippen molar-refractivity contribution in [3.8, 4) is 0 Å². The Kier molecular flexibility index (Phi) is 3.35. The fraction of sp³-hybridized carbons (Fsp3) is 0.500. The Labute approximate surface area is 102 Å². The SMILES string of the molecule is O=C(O)CC1CCCN1c1ncc([N+](=O)[O-])cn1. The van der Waals surface area contributed by atoms with Crippen molar-refractivity contribution in [2.75, 3.05) is 11.4 Å². The van der Waals surface area contributed by atoms with Crippen LogP contribution in [0.3, 0.4) is 0 Å². The first-order valence-electron chi connectivity index (χ1n) is 5.53. The second-order valence-corrected chi connectivity index (χ2v) is 4.09. The van der Waals surface area contributed by atoms with Gasteiger partial charge in [-0.1, -0.05) is 0 Å². The molecule has 0 amide bonds. The quantitative estimate of drug-likeness (QED) is 0.624. The van der Waals surface area contributed by atoms with Gasteiger partial charge in [0.15, 0.2) is 0 Å². The van der Waals surface area contributed by atoms with Crippen LogP contribution in [0.25, 0.3) is 0 Å². The number of hydrogen-bond donors (Lipinski definition) is 1. The van der Waals surface area contributed by atoms with E-state index in [2.05, 4.69) is 9.97 Å². The van der Waals surface area contributed by atoms with E-state index in [0.29, 0.717) is 12.5 Å². The van der Waals surface area contributed by atoms with Crippen molar-refractivity contribution in [3.63, 3.8) is 0 Å². The fourth-order valence-electron chi connectivity index (χ4n) is 2.07. The summed E-state index contributed by atoms with van der Waals surface area (Å²) in [5.41, 5.74) is -0.173. The Morgan fingerprint density at radius 1 is 1.56 bits per heavy atom. The van der Waals surface area contributed by atoms with Gasteiger partial charge < -0.3 is 10.0 Å². The summed E-state index contributed by atoms with van der Waals surface area (Å²) in [6.07, 6.45) is 3.95. The minimum absolute atomic E-state index is 0.0281. The van der Waals surface area contributed by atoms with E-state index < -0.39 is 10.9 Å². The van der Waals surface area contributed by atoms with Gasteiger partial charge in [-0.15, -0.1) is 0 Å². The van der Waals surface area contributed by atoms with Crippen LogP contribution in [0.5, 0.6) is 0 Å². The van der Waals surface area contributed by atoms with Gasteiger partial charge in [0, 0.05) is 12.6 Å². The number of nitro groups is 1. The average Bonchev–Trinajstić information content (AvgIpc) is 2.76. The number of carboxylic acid groups (broad SMARTS) is 1. The summed E-state index contributed by atoms with van der Waals surface area (Å²) in [5, 5.41) is 19.3. The molecular formula is C10H12N4O4. The van der Waals surface area contributed by atoms with Crippen molar-refractivity contribution in [1.29, 1.82) is 0 Å². The molecule has 1 aromatic heterocycles. The zero-order chi connectivity index (χ0) is 13.1. The Balaban J connectivity index is 2.14. The number of carboxylic acids is 1. The summed E-state index contributed by atoms with van der Waals surface area (Å²) in [7, 11) is 0. The smallest absolute Gasteiger partial charge is 0.305 e. The van der Waals surface area contributed by atoms with E-state index in [4.69, 9.17) is 5.11 Å². The Hall–Kier alpha value is -2.25. The van der Waals surface area contributed by atoms with Gasteiger partial charge in [-0.2, -0.15) is 0 Å². The van der Waals surface area contributed by atoms with Gasteiger partial charge in [0.1, 0.15) is 12.4 Å². The molecule has 96 valence electrons. The predicted octanol–water partition coefficient (Wildman–Crippen LogP) is 0.828. The third kappa shape index (κ3) is 2.53. The lowest BCUT2D eigenvalue weighted by Crippen LogP contribution is -2.32. The van der Waals surface area contributed by atoms with Crippen molar-refractivity contribution < 1.29 is 14.8 Å². The maximum atomic E-state index is 10.7. The highest BCUT2D eigenvalue weighted by Gasteiger charge is 2.28. The minimum atomic E-state index is -0.867. The molecule has 1 saturated heterocycles. The molecule has 8 heteroatoms. The van der Waals surface area contributed by atoms with Gasteiger partial charge >= 0.3 is 11.7 Å². The lowest BCUT2D eigenvalue weighted by molar-refractivity contribution is -0.385. The number of aromatic nitrogens is 2. The molecule has 8 nitrogen and oxygen atoms in total. The van der Waals surface area contributed by atoms with Crippen LogP contribution in [0.15, 0.2) is 12.4 Å². The number of rotatable bonds is 4. The van der Waals surface area contributed by atoms with Crippen molar-refractivity contribution in [2.24, 2.45) is 0 Å². The second kappa shape index (κ2) is 4.94. The first kappa shape index (κ1) is 12.2. The summed E-state index contributed by atoms with van der Waals surface area (Å²) < 4.78 is 0. The Bertz CT molecular complexity index is 461. The normalized spacial score (nSPS) is 18.9. The summed E-state index contributed by atoms with van der Waals surface area (Å²) in [4.78, 5) is 30.3. The van der Waals surface area contributed by atoms with Crippen LogP contribution in [-0.2, 0) is 4.79 Å². The standard InChI is InChI=1S/C10H12N4O4/c15-9(16)4-7-2-1-3-13(7)10-11-5-8(6-12-10)14(17)18/h5-7H,1-4H2,(H,15,16). The molecule has 1 fully saturated rings. The maximum absolute atomic E-state index is 10.7. The van der Waals surface area contributed by atoms with E-state index in [-0.39, 0.29) is 18.2 Å². The highest BCUT2D eigenvalue weighted by molar-refractivity contribution is 5.68. The monoisotopic (exact) mass is 252 g/mol. The molecule has 0 bridgehead atoms. The van der Waals surface area contributed by atoms with E-state index in [1.165, 1.54) is 0 Å². The number of carbonyl (C=O) groups is 1. The maximum Gasteiger partial charge on any atom is 0.305 e. The number of nitrogens with zero attached hydrogens (tertiary/aromatic N) is 4. The number of hydrogen-bond acceptors (Lipinski definition) is 6. The van der Waals surface area contributed by atoms with Crippen molar-refractivity contribution in [3.05, 3.63) is 22.5 Å². The van der Waals surface area contributed by atoms with Gasteiger partial charge in [-0.25, -0.2) is 9.97 Å². The molecule has 1 atom stereocenters. The lowest BCUT2D eigenvalue weighted by atomic mass is 10.1.